The molecule has 1 atom stereocenters. The van der Waals surface area contributed by atoms with E-state index in [0.29, 0.717) is 19.6 Å². The maximum Gasteiger partial charge on any atom is 0.250 e. The van der Waals surface area contributed by atoms with Crippen molar-refractivity contribution >= 4 is 5.91 Å². The summed E-state index contributed by atoms with van der Waals surface area (Å²) in [6.45, 7) is 3.16. The number of rotatable bonds is 6. The molecule has 0 aliphatic rings. The van der Waals surface area contributed by atoms with Gasteiger partial charge in [-0.1, -0.05) is 37.3 Å². The molecule has 1 unspecified atom stereocenters. The predicted octanol–water partition coefficient (Wildman–Crippen LogP) is 1.11. The molecule has 5 nitrogen and oxygen atoms in total. The monoisotopic (exact) mass is 299 g/mol. The average molecular weight is 299 g/mol. The van der Waals surface area contributed by atoms with Crippen molar-refractivity contribution in [1.82, 2.24) is 9.88 Å². The minimum absolute atomic E-state index is 0.0189. The van der Waals surface area contributed by atoms with E-state index < -0.39 is 0 Å². The van der Waals surface area contributed by atoms with Gasteiger partial charge in [0.2, 0.25) is 5.91 Å². The highest BCUT2D eigenvalue weighted by atomic mass is 16.2. The molecule has 1 heterocycles. The van der Waals surface area contributed by atoms with E-state index in [1.165, 1.54) is 0 Å². The van der Waals surface area contributed by atoms with Gasteiger partial charge in [-0.3, -0.25) is 9.59 Å². The van der Waals surface area contributed by atoms with Crippen LogP contribution >= 0.6 is 0 Å². The Kier molecular flexibility index (Phi) is 5.49. The molecule has 0 spiro atoms. The average Bonchev–Trinajstić information content (AvgIpc) is 2.55. The summed E-state index contributed by atoms with van der Waals surface area (Å²) in [5.41, 5.74) is 7.50. The van der Waals surface area contributed by atoms with E-state index in [9.17, 15) is 9.59 Å². The van der Waals surface area contributed by atoms with Crippen LogP contribution in [-0.2, 0) is 17.9 Å². The third kappa shape index (κ3) is 4.30. The molecular formula is C17H21N3O2. The zero-order valence-electron chi connectivity index (χ0n) is 12.7. The first-order chi connectivity index (χ1) is 10.6. The number of nitrogens with two attached hydrogens (primary N) is 1. The van der Waals surface area contributed by atoms with Crippen LogP contribution in [0.3, 0.4) is 0 Å². The molecule has 5 heteroatoms. The van der Waals surface area contributed by atoms with Crippen LogP contribution in [-0.4, -0.2) is 17.0 Å². The fraction of sp³-hybridized carbons (Fsp3) is 0.294. The van der Waals surface area contributed by atoms with E-state index >= 15 is 0 Å². The molecule has 0 aliphatic carbocycles. The van der Waals surface area contributed by atoms with E-state index in [-0.39, 0.29) is 17.4 Å². The van der Waals surface area contributed by atoms with Crippen molar-refractivity contribution < 1.29 is 4.79 Å². The van der Waals surface area contributed by atoms with E-state index in [2.05, 4.69) is 5.32 Å². The van der Waals surface area contributed by atoms with Crippen molar-refractivity contribution in [1.29, 1.82) is 0 Å². The molecule has 0 aliphatic heterocycles. The number of nitrogens with zero attached hydrogens (tertiary/aromatic N) is 1. The van der Waals surface area contributed by atoms with Gasteiger partial charge in [0.25, 0.3) is 5.56 Å². The number of aromatic nitrogens is 1. The molecular weight excluding hydrogens is 278 g/mol. The molecule has 22 heavy (non-hydrogen) atoms. The Hall–Kier alpha value is -2.40. The first-order valence-corrected chi connectivity index (χ1v) is 7.31. The first kappa shape index (κ1) is 16.0. The van der Waals surface area contributed by atoms with Crippen LogP contribution < -0.4 is 16.6 Å². The predicted molar refractivity (Wildman–Crippen MR) is 86.3 cm³/mol. The zero-order valence-corrected chi connectivity index (χ0v) is 12.7. The van der Waals surface area contributed by atoms with Crippen molar-refractivity contribution in [3.8, 4) is 0 Å². The Bertz CT molecular complexity index is 677. The van der Waals surface area contributed by atoms with Gasteiger partial charge in [0, 0.05) is 31.3 Å². The van der Waals surface area contributed by atoms with E-state index in [1.54, 1.807) is 29.8 Å². The highest BCUT2D eigenvalue weighted by Gasteiger charge is 2.09. The molecule has 2 aromatic rings. The summed E-state index contributed by atoms with van der Waals surface area (Å²) in [7, 11) is 0. The van der Waals surface area contributed by atoms with Gasteiger partial charge in [0.1, 0.15) is 0 Å². The quantitative estimate of drug-likeness (QED) is 0.839. The van der Waals surface area contributed by atoms with Crippen LogP contribution in [0.15, 0.2) is 53.5 Å². The van der Waals surface area contributed by atoms with Crippen molar-refractivity contribution in [2.24, 2.45) is 11.7 Å². The van der Waals surface area contributed by atoms with Gasteiger partial charge in [0.15, 0.2) is 0 Å². The van der Waals surface area contributed by atoms with Crippen molar-refractivity contribution in [2.45, 2.75) is 20.0 Å². The molecule has 116 valence electrons. The van der Waals surface area contributed by atoms with E-state index in [0.717, 1.165) is 11.1 Å². The van der Waals surface area contributed by atoms with Crippen LogP contribution in [0.4, 0.5) is 0 Å². The number of carbonyl (C=O) groups is 1. The normalized spacial score (nSPS) is 11.9. The minimum atomic E-state index is -0.177. The Labute approximate surface area is 129 Å². The maximum atomic E-state index is 11.7. The van der Waals surface area contributed by atoms with Crippen LogP contribution in [0.2, 0.25) is 0 Å². The molecule has 1 aromatic carbocycles. The number of benzene rings is 1. The van der Waals surface area contributed by atoms with E-state index in [4.69, 9.17) is 5.73 Å². The van der Waals surface area contributed by atoms with Crippen LogP contribution in [0.25, 0.3) is 0 Å². The molecule has 0 radical (unpaired) electrons. The number of carbonyl (C=O) groups excluding carboxylic acids is 1. The van der Waals surface area contributed by atoms with Gasteiger partial charge in [-0.05, 0) is 17.2 Å². The molecule has 0 bridgehead atoms. The number of hydrogen-bond acceptors (Lipinski definition) is 3. The molecule has 1 amide bonds. The minimum Gasteiger partial charge on any atom is -0.352 e. The second kappa shape index (κ2) is 7.56. The summed E-state index contributed by atoms with van der Waals surface area (Å²) in [5, 5.41) is 2.85. The lowest BCUT2D eigenvalue weighted by Crippen LogP contribution is -2.32. The third-order valence-electron chi connectivity index (χ3n) is 3.54. The van der Waals surface area contributed by atoms with Gasteiger partial charge in [-0.2, -0.15) is 0 Å². The molecule has 0 saturated heterocycles. The molecule has 0 saturated carbocycles. The number of amides is 1. The van der Waals surface area contributed by atoms with Crippen LogP contribution in [0, 0.1) is 5.92 Å². The lowest BCUT2D eigenvalue weighted by molar-refractivity contribution is -0.124. The number of nitrogens with one attached hydrogen (secondary N) is 1. The molecule has 3 N–H and O–H groups in total. The summed E-state index contributed by atoms with van der Waals surface area (Å²) in [5.74, 6) is -0.216. The largest absolute Gasteiger partial charge is 0.352 e. The second-order valence-electron chi connectivity index (χ2n) is 5.34. The summed E-state index contributed by atoms with van der Waals surface area (Å²) in [6.07, 6.45) is 1.77. The molecule has 1 aromatic heterocycles. The summed E-state index contributed by atoms with van der Waals surface area (Å²) in [6, 6.07) is 13.0. The van der Waals surface area contributed by atoms with Gasteiger partial charge in [-0.15, -0.1) is 0 Å². The van der Waals surface area contributed by atoms with Gasteiger partial charge >= 0.3 is 0 Å². The fourth-order valence-electron chi connectivity index (χ4n) is 2.02. The number of hydrogen-bond donors (Lipinski definition) is 2. The van der Waals surface area contributed by atoms with Gasteiger partial charge < -0.3 is 15.6 Å². The standard InChI is InChI=1S/C17H21N3O2/c1-13(10-18)17(22)19-11-14-5-7-15(8-6-14)12-20-9-3-2-4-16(20)21/h2-9,13H,10-12,18H2,1H3,(H,19,22). The fourth-order valence-corrected chi connectivity index (χ4v) is 2.02. The highest BCUT2D eigenvalue weighted by molar-refractivity contribution is 5.78. The SMILES string of the molecule is CC(CN)C(=O)NCc1ccc(Cn2ccccc2=O)cc1. The lowest BCUT2D eigenvalue weighted by Gasteiger charge is -2.10. The van der Waals surface area contributed by atoms with Gasteiger partial charge in [0.05, 0.1) is 6.54 Å². The third-order valence-corrected chi connectivity index (χ3v) is 3.54. The smallest absolute Gasteiger partial charge is 0.250 e. The van der Waals surface area contributed by atoms with Crippen molar-refractivity contribution in [2.75, 3.05) is 6.54 Å². The molecule has 2 rings (SSSR count). The van der Waals surface area contributed by atoms with Gasteiger partial charge in [-0.25, -0.2) is 0 Å². The Balaban J connectivity index is 1.95. The Morgan fingerprint density at radius 3 is 2.50 bits per heavy atom. The number of pyridine rings is 1. The van der Waals surface area contributed by atoms with Crippen molar-refractivity contribution in [3.63, 3.8) is 0 Å². The maximum absolute atomic E-state index is 11.7. The Morgan fingerprint density at radius 1 is 1.18 bits per heavy atom. The van der Waals surface area contributed by atoms with Crippen molar-refractivity contribution in [3.05, 3.63) is 70.1 Å². The van der Waals surface area contributed by atoms with E-state index in [1.807, 2.05) is 30.3 Å². The summed E-state index contributed by atoms with van der Waals surface area (Å²) >= 11 is 0. The van der Waals surface area contributed by atoms with Crippen LogP contribution in [0.5, 0.6) is 0 Å². The first-order valence-electron chi connectivity index (χ1n) is 7.31. The lowest BCUT2D eigenvalue weighted by atomic mass is 10.1. The summed E-state index contributed by atoms with van der Waals surface area (Å²) in [4.78, 5) is 23.3. The highest BCUT2D eigenvalue weighted by Crippen LogP contribution is 2.06. The topological polar surface area (TPSA) is 77.1 Å². The summed E-state index contributed by atoms with van der Waals surface area (Å²) < 4.78 is 1.65. The second-order valence-corrected chi connectivity index (χ2v) is 5.34. The van der Waals surface area contributed by atoms with Crippen LogP contribution in [0.1, 0.15) is 18.1 Å². The zero-order chi connectivity index (χ0) is 15.9. The molecule has 0 fully saturated rings. The Morgan fingerprint density at radius 2 is 1.86 bits per heavy atom.